The summed E-state index contributed by atoms with van der Waals surface area (Å²) in [6.45, 7) is 1.59. The van der Waals surface area contributed by atoms with E-state index in [1.54, 1.807) is 29.8 Å². The average Bonchev–Trinajstić information content (AvgIpc) is 2.82. The van der Waals surface area contributed by atoms with E-state index in [-0.39, 0.29) is 25.1 Å². The number of aliphatic hydroxyl groups excluding tert-OH is 2. The largest absolute Gasteiger partial charge is 0.394 e. The van der Waals surface area contributed by atoms with Gasteiger partial charge in [-0.1, -0.05) is 0 Å². The molecule has 0 fully saturated rings. The van der Waals surface area contributed by atoms with Gasteiger partial charge in [-0.05, 0) is 37.3 Å². The van der Waals surface area contributed by atoms with Gasteiger partial charge in [-0.25, -0.2) is 4.39 Å². The third kappa shape index (κ3) is 2.42. The molecule has 1 atom stereocenters. The van der Waals surface area contributed by atoms with E-state index in [1.165, 1.54) is 12.1 Å². The van der Waals surface area contributed by atoms with E-state index >= 15 is 0 Å². The van der Waals surface area contributed by atoms with Crippen LogP contribution in [0.4, 0.5) is 4.39 Å². The molecule has 4 nitrogen and oxygen atoms in total. The lowest BCUT2D eigenvalue weighted by Crippen LogP contribution is -2.13. The second kappa shape index (κ2) is 5.29. The third-order valence-corrected chi connectivity index (χ3v) is 2.80. The molecule has 0 aliphatic carbocycles. The molecule has 0 spiro atoms. The molecule has 0 saturated carbocycles. The molecule has 1 aromatic carbocycles. The Morgan fingerprint density at radius 2 is 1.94 bits per heavy atom. The maximum Gasteiger partial charge on any atom is 0.123 e. The summed E-state index contributed by atoms with van der Waals surface area (Å²) in [5.41, 5.74) is 2.05. The molecule has 0 aliphatic heterocycles. The van der Waals surface area contributed by atoms with Crippen molar-refractivity contribution in [3.8, 4) is 11.3 Å². The van der Waals surface area contributed by atoms with Crippen molar-refractivity contribution in [1.29, 1.82) is 0 Å². The van der Waals surface area contributed by atoms with Crippen LogP contribution in [0, 0.1) is 5.82 Å². The molecule has 0 amide bonds. The Morgan fingerprint density at radius 3 is 2.50 bits per heavy atom. The normalized spacial score (nSPS) is 12.7. The third-order valence-electron chi connectivity index (χ3n) is 2.80. The summed E-state index contributed by atoms with van der Waals surface area (Å²) in [4.78, 5) is 0. The molecule has 96 valence electrons. The fourth-order valence-electron chi connectivity index (χ4n) is 1.77. The Balaban J connectivity index is 2.40. The number of nitrogens with zero attached hydrogens (tertiary/aromatic N) is 2. The van der Waals surface area contributed by atoms with Crippen LogP contribution in [0.5, 0.6) is 0 Å². The van der Waals surface area contributed by atoms with Crippen LogP contribution in [0.25, 0.3) is 11.3 Å². The Morgan fingerprint density at radius 1 is 1.28 bits per heavy atom. The highest BCUT2D eigenvalue weighted by atomic mass is 19.1. The van der Waals surface area contributed by atoms with Crippen LogP contribution in [0.3, 0.4) is 0 Å². The fraction of sp³-hybridized carbons (Fsp3) is 0.308. The molecular weight excluding hydrogens is 235 g/mol. The molecular formula is C13H15FN2O2. The van der Waals surface area contributed by atoms with E-state index in [4.69, 9.17) is 5.11 Å². The summed E-state index contributed by atoms with van der Waals surface area (Å²) < 4.78 is 14.4. The lowest BCUT2D eigenvalue weighted by molar-refractivity contribution is 0.212. The predicted molar refractivity (Wildman–Crippen MR) is 65.3 cm³/mol. The first-order valence-corrected chi connectivity index (χ1v) is 5.71. The molecule has 0 bridgehead atoms. The van der Waals surface area contributed by atoms with Crippen LogP contribution in [0.1, 0.15) is 18.7 Å². The van der Waals surface area contributed by atoms with Crippen molar-refractivity contribution in [2.45, 2.75) is 19.6 Å². The number of hydrogen-bond acceptors (Lipinski definition) is 3. The van der Waals surface area contributed by atoms with E-state index < -0.39 is 0 Å². The Hall–Kier alpha value is -1.72. The molecule has 5 heteroatoms. The van der Waals surface area contributed by atoms with Gasteiger partial charge in [-0.2, -0.15) is 5.10 Å². The molecule has 2 aromatic rings. The number of hydrogen-bond donors (Lipinski definition) is 2. The average molecular weight is 250 g/mol. The zero-order chi connectivity index (χ0) is 13.1. The van der Waals surface area contributed by atoms with Crippen LogP contribution in [-0.2, 0) is 6.61 Å². The number of halogens is 1. The van der Waals surface area contributed by atoms with E-state index in [0.717, 1.165) is 5.56 Å². The maximum absolute atomic E-state index is 12.8. The van der Waals surface area contributed by atoms with Gasteiger partial charge in [0, 0.05) is 5.56 Å². The second-order valence-electron chi connectivity index (χ2n) is 4.16. The van der Waals surface area contributed by atoms with Gasteiger partial charge < -0.3 is 10.2 Å². The van der Waals surface area contributed by atoms with Crippen molar-refractivity contribution in [1.82, 2.24) is 9.78 Å². The highest BCUT2D eigenvalue weighted by Gasteiger charge is 2.13. The zero-order valence-corrected chi connectivity index (χ0v) is 10.0. The van der Waals surface area contributed by atoms with Crippen molar-refractivity contribution < 1.29 is 14.6 Å². The summed E-state index contributed by atoms with van der Waals surface area (Å²) in [6.07, 6.45) is 0. The number of aromatic nitrogens is 2. The minimum absolute atomic E-state index is 0.0580. The minimum Gasteiger partial charge on any atom is -0.394 e. The van der Waals surface area contributed by atoms with Crippen molar-refractivity contribution in [2.24, 2.45) is 0 Å². The molecule has 0 aliphatic rings. The van der Waals surface area contributed by atoms with Gasteiger partial charge in [0.05, 0.1) is 30.6 Å². The van der Waals surface area contributed by atoms with E-state index in [0.29, 0.717) is 11.4 Å². The SMILES string of the molecule is CC(CO)n1nc(-c2ccc(F)cc2)cc1CO. The van der Waals surface area contributed by atoms with E-state index in [2.05, 4.69) is 5.10 Å². The summed E-state index contributed by atoms with van der Waals surface area (Å²) in [5.74, 6) is -0.302. The first-order chi connectivity index (χ1) is 8.65. The highest BCUT2D eigenvalue weighted by molar-refractivity contribution is 5.59. The first-order valence-electron chi connectivity index (χ1n) is 5.71. The topological polar surface area (TPSA) is 58.3 Å². The van der Waals surface area contributed by atoms with Crippen LogP contribution in [0.15, 0.2) is 30.3 Å². The summed E-state index contributed by atoms with van der Waals surface area (Å²) in [7, 11) is 0. The summed E-state index contributed by atoms with van der Waals surface area (Å²) >= 11 is 0. The van der Waals surface area contributed by atoms with Crippen molar-refractivity contribution in [3.63, 3.8) is 0 Å². The minimum atomic E-state index is -0.302. The van der Waals surface area contributed by atoms with Gasteiger partial charge in [0.25, 0.3) is 0 Å². The van der Waals surface area contributed by atoms with Crippen LogP contribution in [-0.4, -0.2) is 26.6 Å². The van der Waals surface area contributed by atoms with Gasteiger partial charge in [0.15, 0.2) is 0 Å². The van der Waals surface area contributed by atoms with Crippen LogP contribution in [0.2, 0.25) is 0 Å². The molecule has 0 radical (unpaired) electrons. The molecule has 1 aromatic heterocycles. The molecule has 18 heavy (non-hydrogen) atoms. The Kier molecular flexibility index (Phi) is 3.74. The summed E-state index contributed by atoms with van der Waals surface area (Å²) in [6, 6.07) is 7.52. The predicted octanol–water partition coefficient (Wildman–Crippen LogP) is 1.73. The van der Waals surface area contributed by atoms with Gasteiger partial charge in [-0.15, -0.1) is 0 Å². The van der Waals surface area contributed by atoms with Crippen LogP contribution < -0.4 is 0 Å². The van der Waals surface area contributed by atoms with E-state index in [1.807, 2.05) is 0 Å². The number of aliphatic hydroxyl groups is 2. The lowest BCUT2D eigenvalue weighted by atomic mass is 10.1. The van der Waals surface area contributed by atoms with Gasteiger partial charge in [0.2, 0.25) is 0 Å². The first kappa shape index (κ1) is 12.7. The van der Waals surface area contributed by atoms with Crippen molar-refractivity contribution in [3.05, 3.63) is 41.8 Å². The Bertz CT molecular complexity index is 522. The second-order valence-corrected chi connectivity index (χ2v) is 4.16. The molecule has 1 unspecified atom stereocenters. The van der Waals surface area contributed by atoms with Gasteiger partial charge >= 0.3 is 0 Å². The monoisotopic (exact) mass is 250 g/mol. The molecule has 2 rings (SSSR count). The van der Waals surface area contributed by atoms with E-state index in [9.17, 15) is 9.50 Å². The number of rotatable bonds is 4. The fourth-order valence-corrected chi connectivity index (χ4v) is 1.77. The zero-order valence-electron chi connectivity index (χ0n) is 10.0. The van der Waals surface area contributed by atoms with Gasteiger partial charge in [-0.3, -0.25) is 4.68 Å². The number of benzene rings is 1. The highest BCUT2D eigenvalue weighted by Crippen LogP contribution is 2.21. The van der Waals surface area contributed by atoms with Crippen molar-refractivity contribution in [2.75, 3.05) is 6.61 Å². The standard InChI is InChI=1S/C13H15FN2O2/c1-9(7-17)16-12(8-18)6-13(15-16)10-2-4-11(14)5-3-10/h2-6,9,17-18H,7-8H2,1H3. The molecule has 0 saturated heterocycles. The smallest absolute Gasteiger partial charge is 0.123 e. The van der Waals surface area contributed by atoms with Crippen LogP contribution >= 0.6 is 0 Å². The van der Waals surface area contributed by atoms with Crippen molar-refractivity contribution >= 4 is 0 Å². The molecule has 2 N–H and O–H groups in total. The lowest BCUT2D eigenvalue weighted by Gasteiger charge is -2.11. The molecule has 1 heterocycles. The quantitative estimate of drug-likeness (QED) is 0.869. The summed E-state index contributed by atoms with van der Waals surface area (Å²) in [5, 5.41) is 22.7. The van der Waals surface area contributed by atoms with Gasteiger partial charge in [0.1, 0.15) is 5.82 Å². The maximum atomic E-state index is 12.8. The Labute approximate surface area is 104 Å².